The molecule has 1 aromatic heterocycles. The van der Waals surface area contributed by atoms with Crippen LogP contribution < -0.4 is 14.8 Å². The first-order chi connectivity index (χ1) is 12.7. The zero-order valence-corrected chi connectivity index (χ0v) is 15.2. The number of rotatable bonds is 6. The second kappa shape index (κ2) is 8.51. The Hall–Kier alpha value is -2.83. The molecule has 26 heavy (non-hydrogen) atoms. The van der Waals surface area contributed by atoms with Gasteiger partial charge in [0, 0.05) is 25.8 Å². The van der Waals surface area contributed by atoms with E-state index in [9.17, 15) is 4.79 Å². The number of hydrogen-bond acceptors (Lipinski definition) is 6. The lowest BCUT2D eigenvalue weighted by Crippen LogP contribution is -2.36. The van der Waals surface area contributed by atoms with Crippen LogP contribution in [0.4, 0.5) is 5.95 Å². The topological polar surface area (TPSA) is 76.6 Å². The number of piperidine rings is 1. The van der Waals surface area contributed by atoms with Crippen molar-refractivity contribution >= 4 is 11.9 Å². The molecule has 138 valence electrons. The predicted molar refractivity (Wildman–Crippen MR) is 98.7 cm³/mol. The van der Waals surface area contributed by atoms with Crippen molar-refractivity contribution in [2.75, 3.05) is 32.6 Å². The van der Waals surface area contributed by atoms with E-state index in [1.54, 1.807) is 26.5 Å². The Bertz CT molecular complexity index is 760. The van der Waals surface area contributed by atoms with Crippen molar-refractivity contribution in [1.82, 2.24) is 14.9 Å². The highest BCUT2D eigenvalue weighted by atomic mass is 16.5. The molecular formula is C19H24N4O3. The fraction of sp³-hybridized carbons (Fsp3) is 0.421. The summed E-state index contributed by atoms with van der Waals surface area (Å²) in [5.41, 5.74) is 1.43. The molecule has 1 saturated heterocycles. The van der Waals surface area contributed by atoms with E-state index in [1.807, 2.05) is 23.1 Å². The van der Waals surface area contributed by atoms with Gasteiger partial charge in [-0.3, -0.25) is 4.79 Å². The van der Waals surface area contributed by atoms with Crippen molar-refractivity contribution in [3.8, 4) is 11.5 Å². The van der Waals surface area contributed by atoms with Gasteiger partial charge in [0.15, 0.2) is 11.5 Å². The van der Waals surface area contributed by atoms with Crippen LogP contribution in [-0.2, 0) is 6.54 Å². The molecule has 1 N–H and O–H groups in total. The van der Waals surface area contributed by atoms with E-state index in [0.29, 0.717) is 29.7 Å². The van der Waals surface area contributed by atoms with Crippen LogP contribution in [0, 0.1) is 0 Å². The van der Waals surface area contributed by atoms with Crippen molar-refractivity contribution in [3.63, 3.8) is 0 Å². The van der Waals surface area contributed by atoms with Gasteiger partial charge in [0.1, 0.15) is 5.69 Å². The van der Waals surface area contributed by atoms with Crippen molar-refractivity contribution in [2.45, 2.75) is 25.8 Å². The minimum Gasteiger partial charge on any atom is -0.493 e. The second-order valence-electron chi connectivity index (χ2n) is 6.16. The van der Waals surface area contributed by atoms with Gasteiger partial charge in [0.2, 0.25) is 5.95 Å². The minimum absolute atomic E-state index is 0.0266. The van der Waals surface area contributed by atoms with Gasteiger partial charge in [-0.2, -0.15) is 0 Å². The van der Waals surface area contributed by atoms with Crippen LogP contribution in [0.5, 0.6) is 11.5 Å². The summed E-state index contributed by atoms with van der Waals surface area (Å²) in [6.45, 7) is 2.12. The average Bonchev–Trinajstić information content (AvgIpc) is 2.72. The molecule has 2 aromatic rings. The molecule has 3 rings (SSSR count). The third-order valence-electron chi connectivity index (χ3n) is 4.42. The Morgan fingerprint density at radius 1 is 1.12 bits per heavy atom. The minimum atomic E-state index is -0.0266. The molecule has 1 aliphatic heterocycles. The summed E-state index contributed by atoms with van der Waals surface area (Å²) in [6.07, 6.45) is 4.91. The third kappa shape index (κ3) is 4.22. The Morgan fingerprint density at radius 3 is 2.62 bits per heavy atom. The van der Waals surface area contributed by atoms with Crippen molar-refractivity contribution < 1.29 is 14.3 Å². The molecule has 7 heteroatoms. The summed E-state index contributed by atoms with van der Waals surface area (Å²) in [7, 11) is 3.21. The maximum absolute atomic E-state index is 12.6. The fourth-order valence-electron chi connectivity index (χ4n) is 2.99. The van der Waals surface area contributed by atoms with E-state index in [4.69, 9.17) is 9.47 Å². The van der Waals surface area contributed by atoms with Crippen LogP contribution in [0.3, 0.4) is 0 Å². The van der Waals surface area contributed by atoms with Crippen LogP contribution in [0.25, 0.3) is 0 Å². The van der Waals surface area contributed by atoms with Gasteiger partial charge in [-0.15, -0.1) is 0 Å². The Morgan fingerprint density at radius 2 is 1.88 bits per heavy atom. The third-order valence-corrected chi connectivity index (χ3v) is 4.42. The zero-order valence-electron chi connectivity index (χ0n) is 15.2. The molecule has 7 nitrogen and oxygen atoms in total. The molecule has 1 aliphatic rings. The first-order valence-corrected chi connectivity index (χ1v) is 8.78. The highest BCUT2D eigenvalue weighted by Crippen LogP contribution is 2.27. The number of carbonyl (C=O) groups is 1. The summed E-state index contributed by atoms with van der Waals surface area (Å²) in [6, 6.07) is 7.36. The quantitative estimate of drug-likeness (QED) is 0.858. The van der Waals surface area contributed by atoms with Crippen molar-refractivity contribution in [1.29, 1.82) is 0 Å². The van der Waals surface area contributed by atoms with Crippen LogP contribution in [0.1, 0.15) is 35.3 Å². The second-order valence-corrected chi connectivity index (χ2v) is 6.16. The van der Waals surface area contributed by atoms with Gasteiger partial charge in [0.25, 0.3) is 5.91 Å². The summed E-state index contributed by atoms with van der Waals surface area (Å²) in [4.78, 5) is 23.0. The van der Waals surface area contributed by atoms with E-state index in [-0.39, 0.29) is 5.91 Å². The SMILES string of the molecule is COc1ccc(CNc2nccc(C(=O)N3CCCCC3)n2)cc1OC. The number of methoxy groups -OCH3 is 2. The smallest absolute Gasteiger partial charge is 0.272 e. The van der Waals surface area contributed by atoms with Gasteiger partial charge in [-0.1, -0.05) is 6.07 Å². The molecule has 0 atom stereocenters. The van der Waals surface area contributed by atoms with E-state index in [1.165, 1.54) is 6.42 Å². The molecule has 1 fully saturated rings. The number of amides is 1. The van der Waals surface area contributed by atoms with Gasteiger partial charge in [-0.05, 0) is 43.0 Å². The van der Waals surface area contributed by atoms with Crippen LogP contribution in [-0.4, -0.2) is 48.1 Å². The lowest BCUT2D eigenvalue weighted by molar-refractivity contribution is 0.0718. The number of benzene rings is 1. The van der Waals surface area contributed by atoms with Crippen LogP contribution in [0.2, 0.25) is 0 Å². The van der Waals surface area contributed by atoms with Gasteiger partial charge < -0.3 is 19.7 Å². The number of hydrogen-bond donors (Lipinski definition) is 1. The van der Waals surface area contributed by atoms with Crippen molar-refractivity contribution in [2.24, 2.45) is 0 Å². The van der Waals surface area contributed by atoms with Crippen molar-refractivity contribution in [3.05, 3.63) is 41.7 Å². The van der Waals surface area contributed by atoms with Gasteiger partial charge in [-0.25, -0.2) is 9.97 Å². The molecule has 2 heterocycles. The summed E-state index contributed by atoms with van der Waals surface area (Å²) in [5.74, 6) is 1.76. The Balaban J connectivity index is 1.66. The number of aromatic nitrogens is 2. The molecule has 1 aromatic carbocycles. The predicted octanol–water partition coefficient (Wildman–Crippen LogP) is 2.73. The number of ether oxygens (including phenoxy) is 2. The Labute approximate surface area is 153 Å². The normalized spacial score (nSPS) is 14.0. The van der Waals surface area contributed by atoms with Gasteiger partial charge >= 0.3 is 0 Å². The maximum atomic E-state index is 12.6. The zero-order chi connectivity index (χ0) is 18.4. The summed E-state index contributed by atoms with van der Waals surface area (Å²) < 4.78 is 10.6. The Kier molecular flexibility index (Phi) is 5.88. The number of carbonyl (C=O) groups excluding carboxylic acids is 1. The van der Waals surface area contributed by atoms with E-state index >= 15 is 0 Å². The lowest BCUT2D eigenvalue weighted by atomic mass is 10.1. The van der Waals surface area contributed by atoms with E-state index in [0.717, 1.165) is 31.5 Å². The number of nitrogens with zero attached hydrogens (tertiary/aromatic N) is 3. The summed E-state index contributed by atoms with van der Waals surface area (Å²) in [5, 5.41) is 3.16. The highest BCUT2D eigenvalue weighted by molar-refractivity contribution is 5.92. The number of likely N-dealkylation sites (tertiary alicyclic amines) is 1. The van der Waals surface area contributed by atoms with E-state index < -0.39 is 0 Å². The molecule has 0 saturated carbocycles. The molecule has 0 aliphatic carbocycles. The maximum Gasteiger partial charge on any atom is 0.272 e. The largest absolute Gasteiger partial charge is 0.493 e. The molecular weight excluding hydrogens is 332 g/mol. The van der Waals surface area contributed by atoms with Gasteiger partial charge in [0.05, 0.1) is 14.2 Å². The first kappa shape index (κ1) is 18.0. The number of anilines is 1. The summed E-state index contributed by atoms with van der Waals surface area (Å²) >= 11 is 0. The molecule has 0 radical (unpaired) electrons. The van der Waals surface area contributed by atoms with Crippen LogP contribution >= 0.6 is 0 Å². The monoisotopic (exact) mass is 356 g/mol. The van der Waals surface area contributed by atoms with Crippen LogP contribution in [0.15, 0.2) is 30.5 Å². The highest BCUT2D eigenvalue weighted by Gasteiger charge is 2.19. The fourth-order valence-corrected chi connectivity index (χ4v) is 2.99. The molecule has 1 amide bonds. The number of nitrogens with one attached hydrogen (secondary N) is 1. The molecule has 0 bridgehead atoms. The lowest BCUT2D eigenvalue weighted by Gasteiger charge is -2.26. The first-order valence-electron chi connectivity index (χ1n) is 8.78. The standard InChI is InChI=1S/C19H24N4O3/c1-25-16-7-6-14(12-17(16)26-2)13-21-19-20-9-8-15(22-19)18(24)23-10-4-3-5-11-23/h6-9,12H,3-5,10-11,13H2,1-2H3,(H,20,21,22). The molecule has 0 unspecified atom stereocenters. The average molecular weight is 356 g/mol. The van der Waals surface area contributed by atoms with E-state index in [2.05, 4.69) is 15.3 Å². The molecule has 0 spiro atoms.